The lowest BCUT2D eigenvalue weighted by Gasteiger charge is -2.26. The molecule has 0 aliphatic heterocycles. The average Bonchev–Trinajstić information content (AvgIpc) is 2.40. The molecular formula is C15H22BrNO. The van der Waals surface area contributed by atoms with Gasteiger partial charge in [0.2, 0.25) is 5.91 Å². The van der Waals surface area contributed by atoms with Gasteiger partial charge in [-0.3, -0.25) is 4.79 Å². The van der Waals surface area contributed by atoms with Crippen LogP contribution in [0, 0.1) is 0 Å². The first-order chi connectivity index (χ1) is 8.74. The number of benzene rings is 1. The molecule has 0 aliphatic rings. The fourth-order valence-corrected chi connectivity index (χ4v) is 2.59. The summed E-state index contributed by atoms with van der Waals surface area (Å²) < 4.78 is 0. The van der Waals surface area contributed by atoms with E-state index < -0.39 is 0 Å². The highest BCUT2D eigenvalue weighted by Crippen LogP contribution is 2.22. The maximum absolute atomic E-state index is 12.6. The quantitative estimate of drug-likeness (QED) is 0.701. The molecule has 1 unspecified atom stereocenters. The van der Waals surface area contributed by atoms with E-state index in [0.29, 0.717) is 0 Å². The molecule has 100 valence electrons. The predicted molar refractivity (Wildman–Crippen MR) is 80.1 cm³/mol. The first kappa shape index (κ1) is 15.2. The third kappa shape index (κ3) is 4.13. The Morgan fingerprint density at radius 2 is 1.89 bits per heavy atom. The summed E-state index contributed by atoms with van der Waals surface area (Å²) in [5, 5.41) is 0.837. The highest BCUT2D eigenvalue weighted by Gasteiger charge is 2.23. The predicted octanol–water partition coefficient (Wildman–Crippen LogP) is 3.81. The number of halogens is 1. The van der Waals surface area contributed by atoms with Crippen molar-refractivity contribution in [2.75, 3.05) is 18.4 Å². The van der Waals surface area contributed by atoms with Crippen LogP contribution < -0.4 is 0 Å². The van der Waals surface area contributed by atoms with Crippen molar-refractivity contribution in [1.29, 1.82) is 0 Å². The first-order valence-corrected chi connectivity index (χ1v) is 7.76. The van der Waals surface area contributed by atoms with E-state index in [4.69, 9.17) is 0 Å². The summed E-state index contributed by atoms with van der Waals surface area (Å²) in [6.45, 7) is 5.82. The Hall–Kier alpha value is -0.830. The number of nitrogens with zero attached hydrogens (tertiary/aromatic N) is 1. The van der Waals surface area contributed by atoms with E-state index >= 15 is 0 Å². The molecule has 3 heteroatoms. The molecule has 0 N–H and O–H groups in total. The largest absolute Gasteiger partial charge is 0.341 e. The summed E-state index contributed by atoms with van der Waals surface area (Å²) in [5.41, 5.74) is 1.13. The molecule has 18 heavy (non-hydrogen) atoms. The molecule has 1 aromatic rings. The van der Waals surface area contributed by atoms with Crippen LogP contribution in [0.15, 0.2) is 30.3 Å². The van der Waals surface area contributed by atoms with E-state index in [1.807, 2.05) is 35.2 Å². The highest BCUT2D eigenvalue weighted by molar-refractivity contribution is 9.09. The fourth-order valence-electron chi connectivity index (χ4n) is 2.16. The van der Waals surface area contributed by atoms with E-state index in [9.17, 15) is 4.79 Å². The molecule has 0 aliphatic carbocycles. The summed E-state index contributed by atoms with van der Waals surface area (Å²) in [6.07, 6.45) is 1.86. The van der Waals surface area contributed by atoms with Gasteiger partial charge < -0.3 is 4.90 Å². The van der Waals surface area contributed by atoms with Gasteiger partial charge in [-0.2, -0.15) is 0 Å². The number of carbonyl (C=O) groups is 1. The van der Waals surface area contributed by atoms with Crippen molar-refractivity contribution in [2.45, 2.75) is 32.6 Å². The molecule has 0 heterocycles. The van der Waals surface area contributed by atoms with Gasteiger partial charge in [-0.05, 0) is 18.4 Å². The summed E-state index contributed by atoms with van der Waals surface area (Å²) in [6, 6.07) is 10.1. The Balaban J connectivity index is 2.83. The lowest BCUT2D eigenvalue weighted by Crippen LogP contribution is -2.37. The maximum atomic E-state index is 12.6. The summed E-state index contributed by atoms with van der Waals surface area (Å²) >= 11 is 3.42. The Morgan fingerprint density at radius 1 is 1.22 bits per heavy atom. The van der Waals surface area contributed by atoms with Crippen molar-refractivity contribution < 1.29 is 4.79 Å². The van der Waals surface area contributed by atoms with Crippen LogP contribution in [0.3, 0.4) is 0 Å². The molecule has 1 amide bonds. The van der Waals surface area contributed by atoms with Gasteiger partial charge in [-0.1, -0.05) is 60.1 Å². The standard InChI is InChI=1S/C15H22BrNO/c1-3-11-17(12-10-16)15(18)14(4-2)13-8-6-5-7-9-13/h5-9,14H,3-4,10-12H2,1-2H3. The molecule has 2 nitrogen and oxygen atoms in total. The maximum Gasteiger partial charge on any atom is 0.230 e. The van der Waals surface area contributed by atoms with Crippen LogP contribution in [-0.4, -0.2) is 29.2 Å². The Bertz CT molecular complexity index is 347. The van der Waals surface area contributed by atoms with Crippen molar-refractivity contribution in [2.24, 2.45) is 0 Å². The summed E-state index contributed by atoms with van der Waals surface area (Å²) in [4.78, 5) is 14.5. The highest BCUT2D eigenvalue weighted by atomic mass is 79.9. The van der Waals surface area contributed by atoms with Crippen LogP contribution in [0.25, 0.3) is 0 Å². The second-order valence-electron chi connectivity index (χ2n) is 4.39. The van der Waals surface area contributed by atoms with Gasteiger partial charge in [0.25, 0.3) is 0 Å². The molecule has 0 aromatic heterocycles. The number of hydrogen-bond acceptors (Lipinski definition) is 1. The first-order valence-electron chi connectivity index (χ1n) is 6.64. The molecule has 0 spiro atoms. The summed E-state index contributed by atoms with van der Waals surface area (Å²) in [5.74, 6) is 0.252. The molecule has 0 saturated heterocycles. The van der Waals surface area contributed by atoms with Crippen LogP contribution in [0.4, 0.5) is 0 Å². The number of rotatable bonds is 7. The van der Waals surface area contributed by atoms with E-state index in [1.54, 1.807) is 0 Å². The van der Waals surface area contributed by atoms with Gasteiger partial charge in [-0.15, -0.1) is 0 Å². The zero-order chi connectivity index (χ0) is 13.4. The number of hydrogen-bond donors (Lipinski definition) is 0. The van der Waals surface area contributed by atoms with Crippen LogP contribution in [0.2, 0.25) is 0 Å². The topological polar surface area (TPSA) is 20.3 Å². The van der Waals surface area contributed by atoms with Crippen LogP contribution in [0.5, 0.6) is 0 Å². The lowest BCUT2D eigenvalue weighted by atomic mass is 9.95. The molecule has 0 bridgehead atoms. The zero-order valence-electron chi connectivity index (χ0n) is 11.2. The normalized spacial score (nSPS) is 12.2. The van der Waals surface area contributed by atoms with Crippen molar-refractivity contribution in [3.63, 3.8) is 0 Å². The van der Waals surface area contributed by atoms with Crippen molar-refractivity contribution in [3.8, 4) is 0 Å². The van der Waals surface area contributed by atoms with Crippen molar-refractivity contribution in [3.05, 3.63) is 35.9 Å². The van der Waals surface area contributed by atoms with Crippen molar-refractivity contribution in [1.82, 2.24) is 4.90 Å². The fraction of sp³-hybridized carbons (Fsp3) is 0.533. The van der Waals surface area contributed by atoms with Gasteiger partial charge in [0.15, 0.2) is 0 Å². The third-order valence-corrected chi connectivity index (χ3v) is 3.42. The molecule has 1 aromatic carbocycles. The van der Waals surface area contributed by atoms with E-state index in [-0.39, 0.29) is 11.8 Å². The second-order valence-corrected chi connectivity index (χ2v) is 5.18. The van der Waals surface area contributed by atoms with Gasteiger partial charge in [0.05, 0.1) is 5.92 Å². The molecule has 0 fully saturated rings. The minimum atomic E-state index is -0.00296. The average molecular weight is 312 g/mol. The van der Waals surface area contributed by atoms with Crippen LogP contribution in [0.1, 0.15) is 38.2 Å². The van der Waals surface area contributed by atoms with Gasteiger partial charge in [0, 0.05) is 18.4 Å². The molecule has 1 atom stereocenters. The molecular weight excluding hydrogens is 290 g/mol. The SMILES string of the molecule is CCCN(CCBr)C(=O)C(CC)c1ccccc1. The van der Waals surface area contributed by atoms with Crippen LogP contribution in [-0.2, 0) is 4.79 Å². The smallest absolute Gasteiger partial charge is 0.230 e. The monoisotopic (exact) mass is 311 g/mol. The van der Waals surface area contributed by atoms with Crippen LogP contribution >= 0.6 is 15.9 Å². The summed E-state index contributed by atoms with van der Waals surface area (Å²) in [7, 11) is 0. The van der Waals surface area contributed by atoms with Gasteiger partial charge in [0.1, 0.15) is 0 Å². The lowest BCUT2D eigenvalue weighted by molar-refractivity contribution is -0.132. The number of amides is 1. The molecule has 1 rings (SSSR count). The van der Waals surface area contributed by atoms with E-state index in [1.165, 1.54) is 0 Å². The Morgan fingerprint density at radius 3 is 2.39 bits per heavy atom. The Labute approximate surface area is 119 Å². The van der Waals surface area contributed by atoms with E-state index in [2.05, 4.69) is 29.8 Å². The second kappa shape index (κ2) is 8.30. The molecule has 0 radical (unpaired) electrons. The minimum absolute atomic E-state index is 0.00296. The minimum Gasteiger partial charge on any atom is -0.341 e. The molecule has 0 saturated carbocycles. The third-order valence-electron chi connectivity index (χ3n) is 3.07. The van der Waals surface area contributed by atoms with Gasteiger partial charge in [-0.25, -0.2) is 0 Å². The number of carbonyl (C=O) groups excluding carboxylic acids is 1. The van der Waals surface area contributed by atoms with Gasteiger partial charge >= 0.3 is 0 Å². The van der Waals surface area contributed by atoms with Crippen molar-refractivity contribution >= 4 is 21.8 Å². The number of alkyl halides is 1. The van der Waals surface area contributed by atoms with E-state index in [0.717, 1.165) is 36.8 Å². The Kier molecular flexibility index (Phi) is 7.02. The zero-order valence-corrected chi connectivity index (χ0v) is 12.8.